The van der Waals surface area contributed by atoms with Crippen LogP contribution in [0.3, 0.4) is 0 Å². The topological polar surface area (TPSA) is 78.9 Å². The SMILES string of the molecule is CCCOCOC(=O)CC1CCCC(COC(=O)C(C)(C)CC)C1=O. The molecule has 0 heterocycles. The van der Waals surface area contributed by atoms with Crippen molar-refractivity contribution in [2.45, 2.75) is 66.2 Å². The first-order valence-corrected chi connectivity index (χ1v) is 9.26. The molecule has 0 N–H and O–H groups in total. The van der Waals surface area contributed by atoms with Gasteiger partial charge < -0.3 is 14.2 Å². The van der Waals surface area contributed by atoms with Crippen molar-refractivity contribution < 1.29 is 28.6 Å². The summed E-state index contributed by atoms with van der Waals surface area (Å²) >= 11 is 0. The lowest BCUT2D eigenvalue weighted by Gasteiger charge is -2.28. The van der Waals surface area contributed by atoms with E-state index < -0.39 is 11.4 Å². The largest absolute Gasteiger partial charge is 0.465 e. The van der Waals surface area contributed by atoms with E-state index >= 15 is 0 Å². The van der Waals surface area contributed by atoms with E-state index in [1.165, 1.54) is 0 Å². The quantitative estimate of drug-likeness (QED) is 0.340. The minimum atomic E-state index is -0.542. The van der Waals surface area contributed by atoms with E-state index in [1.54, 1.807) is 0 Å². The number of hydrogen-bond acceptors (Lipinski definition) is 6. The highest BCUT2D eigenvalue weighted by molar-refractivity contribution is 5.88. The second-order valence-corrected chi connectivity index (χ2v) is 7.31. The van der Waals surface area contributed by atoms with Gasteiger partial charge in [0.25, 0.3) is 0 Å². The summed E-state index contributed by atoms with van der Waals surface area (Å²) in [5, 5.41) is 0. The molecule has 1 aliphatic carbocycles. The van der Waals surface area contributed by atoms with Crippen molar-refractivity contribution in [3.8, 4) is 0 Å². The van der Waals surface area contributed by atoms with Crippen LogP contribution in [0.4, 0.5) is 0 Å². The molecule has 0 spiro atoms. The van der Waals surface area contributed by atoms with Gasteiger partial charge in [-0.3, -0.25) is 14.4 Å². The molecular formula is C19H32O6. The molecule has 0 aromatic carbocycles. The Balaban J connectivity index is 2.43. The van der Waals surface area contributed by atoms with Gasteiger partial charge in [0.05, 0.1) is 24.4 Å². The van der Waals surface area contributed by atoms with E-state index in [2.05, 4.69) is 0 Å². The molecule has 1 aliphatic rings. The van der Waals surface area contributed by atoms with E-state index in [-0.39, 0.29) is 43.4 Å². The number of carbonyl (C=O) groups is 3. The predicted molar refractivity (Wildman–Crippen MR) is 92.7 cm³/mol. The third-order valence-corrected chi connectivity index (χ3v) is 4.83. The molecule has 144 valence electrons. The molecule has 25 heavy (non-hydrogen) atoms. The van der Waals surface area contributed by atoms with E-state index in [1.807, 2.05) is 27.7 Å². The Morgan fingerprint density at radius 2 is 1.80 bits per heavy atom. The van der Waals surface area contributed by atoms with Gasteiger partial charge in [-0.25, -0.2) is 0 Å². The lowest BCUT2D eigenvalue weighted by Crippen LogP contribution is -2.35. The number of esters is 2. The number of ketones is 1. The number of rotatable bonds is 10. The molecule has 0 bridgehead atoms. The fraction of sp³-hybridized carbons (Fsp3) is 0.842. The number of hydrogen-bond donors (Lipinski definition) is 0. The van der Waals surface area contributed by atoms with Gasteiger partial charge in [0.2, 0.25) is 0 Å². The van der Waals surface area contributed by atoms with Gasteiger partial charge in [-0.2, -0.15) is 0 Å². The molecule has 0 aromatic heterocycles. The Kier molecular flexibility index (Phi) is 9.11. The second kappa shape index (κ2) is 10.5. The van der Waals surface area contributed by atoms with Crippen molar-refractivity contribution in [3.63, 3.8) is 0 Å². The third-order valence-electron chi connectivity index (χ3n) is 4.83. The zero-order valence-electron chi connectivity index (χ0n) is 16.0. The highest BCUT2D eigenvalue weighted by Crippen LogP contribution is 2.29. The first-order chi connectivity index (χ1) is 11.8. The Hall–Kier alpha value is -1.43. The molecular weight excluding hydrogens is 324 g/mol. The van der Waals surface area contributed by atoms with Crippen LogP contribution in [0, 0.1) is 17.3 Å². The van der Waals surface area contributed by atoms with Crippen molar-refractivity contribution >= 4 is 17.7 Å². The molecule has 2 atom stereocenters. The van der Waals surface area contributed by atoms with Gasteiger partial charge >= 0.3 is 11.9 Å². The Bertz CT molecular complexity index is 457. The second-order valence-electron chi connectivity index (χ2n) is 7.31. The molecule has 2 unspecified atom stereocenters. The lowest BCUT2D eigenvalue weighted by atomic mass is 9.79. The minimum absolute atomic E-state index is 0.000203. The van der Waals surface area contributed by atoms with Gasteiger partial charge in [0.1, 0.15) is 12.4 Å². The van der Waals surface area contributed by atoms with E-state index in [4.69, 9.17) is 14.2 Å². The lowest BCUT2D eigenvalue weighted by molar-refractivity contribution is -0.161. The van der Waals surface area contributed by atoms with Crippen LogP contribution in [0.2, 0.25) is 0 Å². The molecule has 0 amide bonds. The first-order valence-electron chi connectivity index (χ1n) is 9.26. The Morgan fingerprint density at radius 3 is 2.44 bits per heavy atom. The summed E-state index contributed by atoms with van der Waals surface area (Å²) in [6, 6.07) is 0. The van der Waals surface area contributed by atoms with E-state index in [0.717, 1.165) is 12.8 Å². The molecule has 0 saturated heterocycles. The summed E-state index contributed by atoms with van der Waals surface area (Å²) in [4.78, 5) is 36.4. The highest BCUT2D eigenvalue weighted by Gasteiger charge is 2.35. The van der Waals surface area contributed by atoms with Crippen molar-refractivity contribution in [3.05, 3.63) is 0 Å². The van der Waals surface area contributed by atoms with Crippen molar-refractivity contribution in [1.82, 2.24) is 0 Å². The van der Waals surface area contributed by atoms with Crippen LogP contribution in [0.15, 0.2) is 0 Å². The van der Waals surface area contributed by atoms with Crippen LogP contribution in [0.25, 0.3) is 0 Å². The molecule has 1 rings (SSSR count). The average molecular weight is 356 g/mol. The van der Waals surface area contributed by atoms with Crippen LogP contribution >= 0.6 is 0 Å². The fourth-order valence-electron chi connectivity index (χ4n) is 2.68. The standard InChI is InChI=1S/C19H32O6/c1-5-10-23-13-25-16(20)11-14-8-7-9-15(17(14)21)12-24-18(22)19(3,4)6-2/h14-15H,5-13H2,1-4H3. The number of ether oxygens (including phenoxy) is 3. The Morgan fingerprint density at radius 1 is 1.12 bits per heavy atom. The summed E-state index contributed by atoms with van der Waals surface area (Å²) in [5.41, 5.74) is -0.542. The molecule has 0 aromatic rings. The Labute approximate surface area is 150 Å². The van der Waals surface area contributed by atoms with Gasteiger partial charge in [0, 0.05) is 5.92 Å². The summed E-state index contributed by atoms with van der Waals surface area (Å²) in [7, 11) is 0. The van der Waals surface area contributed by atoms with E-state index in [0.29, 0.717) is 25.9 Å². The van der Waals surface area contributed by atoms with Crippen molar-refractivity contribution in [2.24, 2.45) is 17.3 Å². The van der Waals surface area contributed by atoms with Gasteiger partial charge in [-0.15, -0.1) is 0 Å². The minimum Gasteiger partial charge on any atom is -0.465 e. The first kappa shape index (κ1) is 21.6. The van der Waals surface area contributed by atoms with Crippen LogP contribution in [0.1, 0.15) is 66.2 Å². The molecule has 1 fully saturated rings. The van der Waals surface area contributed by atoms with Crippen LogP contribution in [-0.4, -0.2) is 37.7 Å². The zero-order valence-corrected chi connectivity index (χ0v) is 16.0. The summed E-state index contributed by atoms with van der Waals surface area (Å²) in [5.74, 6) is -1.37. The number of carbonyl (C=O) groups excluding carboxylic acids is 3. The van der Waals surface area contributed by atoms with Crippen molar-refractivity contribution in [1.29, 1.82) is 0 Å². The van der Waals surface area contributed by atoms with Crippen LogP contribution in [-0.2, 0) is 28.6 Å². The van der Waals surface area contributed by atoms with E-state index in [9.17, 15) is 14.4 Å². The predicted octanol–water partition coefficient (Wildman–Crippen LogP) is 3.27. The maximum absolute atomic E-state index is 12.5. The summed E-state index contributed by atoms with van der Waals surface area (Å²) < 4.78 is 15.5. The summed E-state index contributed by atoms with van der Waals surface area (Å²) in [6.07, 6.45) is 3.82. The maximum atomic E-state index is 12.5. The van der Waals surface area contributed by atoms with Crippen molar-refractivity contribution in [2.75, 3.05) is 20.0 Å². The smallest absolute Gasteiger partial charge is 0.311 e. The summed E-state index contributed by atoms with van der Waals surface area (Å²) in [6.45, 7) is 8.13. The van der Waals surface area contributed by atoms with Crippen LogP contribution < -0.4 is 0 Å². The zero-order chi connectivity index (χ0) is 18.9. The molecule has 6 heteroatoms. The number of Topliss-reactive ketones (excluding diaryl/α,β-unsaturated/α-hetero) is 1. The van der Waals surface area contributed by atoms with Crippen LogP contribution in [0.5, 0.6) is 0 Å². The van der Waals surface area contributed by atoms with Gasteiger partial charge in [-0.05, 0) is 39.5 Å². The third kappa shape index (κ3) is 7.14. The van der Waals surface area contributed by atoms with Gasteiger partial charge in [0.15, 0.2) is 6.79 Å². The monoisotopic (exact) mass is 356 g/mol. The highest BCUT2D eigenvalue weighted by atomic mass is 16.7. The van der Waals surface area contributed by atoms with Gasteiger partial charge in [-0.1, -0.05) is 20.3 Å². The molecule has 0 aliphatic heterocycles. The average Bonchev–Trinajstić information content (AvgIpc) is 2.59. The maximum Gasteiger partial charge on any atom is 0.311 e. The normalized spacial score (nSPS) is 21.0. The molecule has 6 nitrogen and oxygen atoms in total. The molecule has 0 radical (unpaired) electrons. The molecule has 1 saturated carbocycles. The fourth-order valence-corrected chi connectivity index (χ4v) is 2.68.